The van der Waals surface area contributed by atoms with E-state index in [1.165, 1.54) is 5.56 Å². The van der Waals surface area contributed by atoms with Gasteiger partial charge in [0.15, 0.2) is 0 Å². The zero-order chi connectivity index (χ0) is 16.4. The van der Waals surface area contributed by atoms with Gasteiger partial charge < -0.3 is 9.64 Å². The molecule has 3 aliphatic heterocycles. The average molecular weight is 347 g/mol. The number of pyridine rings is 1. The molecule has 3 aliphatic rings. The summed E-state index contributed by atoms with van der Waals surface area (Å²) < 4.78 is 6.27. The summed E-state index contributed by atoms with van der Waals surface area (Å²) in [6.07, 6.45) is 7.36. The van der Waals surface area contributed by atoms with E-state index in [1.54, 1.807) is 0 Å². The predicted octanol–water partition coefficient (Wildman–Crippen LogP) is 1.78. The third-order valence-corrected chi connectivity index (χ3v) is 6.80. The molecule has 0 bridgehead atoms. The maximum Gasteiger partial charge on any atom is 0.248 e. The van der Waals surface area contributed by atoms with Crippen LogP contribution in [-0.2, 0) is 16.1 Å². The molecule has 1 aromatic rings. The minimum Gasteiger partial charge on any atom is -0.367 e. The topological polar surface area (TPSA) is 45.7 Å². The molecule has 1 amide bonds. The van der Waals surface area contributed by atoms with E-state index in [0.29, 0.717) is 4.75 Å². The number of thioether (sulfide) groups is 1. The van der Waals surface area contributed by atoms with Crippen molar-refractivity contribution in [1.29, 1.82) is 0 Å². The molecule has 3 fully saturated rings. The van der Waals surface area contributed by atoms with Crippen molar-refractivity contribution in [2.24, 2.45) is 0 Å². The molecule has 0 N–H and O–H groups in total. The molecule has 0 saturated carbocycles. The number of ether oxygens (including phenoxy) is 1. The zero-order valence-electron chi connectivity index (χ0n) is 14.0. The fourth-order valence-electron chi connectivity index (χ4n) is 4.01. The SMILES string of the molecule is O=C(CO[C@H]1CSC2(C1)CN(Cc1cccnc1)C2)N1CCCC1. The number of likely N-dealkylation sites (tertiary alicyclic amines) is 2. The van der Waals surface area contributed by atoms with Crippen molar-refractivity contribution >= 4 is 17.7 Å². The molecule has 3 saturated heterocycles. The Morgan fingerprint density at radius 2 is 2.21 bits per heavy atom. The van der Waals surface area contributed by atoms with Gasteiger partial charge in [0.05, 0.1) is 6.10 Å². The molecule has 24 heavy (non-hydrogen) atoms. The number of aromatic nitrogens is 1. The second kappa shape index (κ2) is 7.02. The first-order valence-corrected chi connectivity index (χ1v) is 9.86. The van der Waals surface area contributed by atoms with Gasteiger partial charge in [-0.05, 0) is 30.9 Å². The van der Waals surface area contributed by atoms with Crippen LogP contribution in [0.2, 0.25) is 0 Å². The van der Waals surface area contributed by atoms with Crippen LogP contribution < -0.4 is 0 Å². The van der Waals surface area contributed by atoms with Gasteiger partial charge in [-0.15, -0.1) is 11.8 Å². The summed E-state index contributed by atoms with van der Waals surface area (Å²) in [7, 11) is 0. The van der Waals surface area contributed by atoms with E-state index in [0.717, 1.165) is 57.7 Å². The van der Waals surface area contributed by atoms with Crippen molar-refractivity contribution in [3.8, 4) is 0 Å². The number of rotatable bonds is 5. The maximum atomic E-state index is 12.1. The Kier molecular flexibility index (Phi) is 4.79. The van der Waals surface area contributed by atoms with Gasteiger partial charge in [-0.3, -0.25) is 14.7 Å². The van der Waals surface area contributed by atoms with Crippen LogP contribution in [0.3, 0.4) is 0 Å². The first-order chi connectivity index (χ1) is 11.7. The second-order valence-electron chi connectivity index (χ2n) is 7.23. The number of carbonyl (C=O) groups is 1. The maximum absolute atomic E-state index is 12.1. The zero-order valence-corrected chi connectivity index (χ0v) is 14.8. The fraction of sp³-hybridized carbons (Fsp3) is 0.667. The molecule has 0 aromatic carbocycles. The number of amides is 1. The molecule has 4 rings (SSSR count). The van der Waals surface area contributed by atoms with Gasteiger partial charge in [0.25, 0.3) is 0 Å². The van der Waals surface area contributed by atoms with E-state index in [1.807, 2.05) is 35.1 Å². The highest BCUT2D eigenvalue weighted by atomic mass is 32.2. The van der Waals surface area contributed by atoms with Crippen LogP contribution >= 0.6 is 11.8 Å². The lowest BCUT2D eigenvalue weighted by Crippen LogP contribution is -2.58. The van der Waals surface area contributed by atoms with Crippen LogP contribution in [0.25, 0.3) is 0 Å². The van der Waals surface area contributed by atoms with E-state index < -0.39 is 0 Å². The summed E-state index contributed by atoms with van der Waals surface area (Å²) in [5, 5.41) is 0. The highest BCUT2D eigenvalue weighted by Gasteiger charge is 2.49. The van der Waals surface area contributed by atoms with Crippen LogP contribution in [0, 0.1) is 0 Å². The molecular weight excluding hydrogens is 322 g/mol. The smallest absolute Gasteiger partial charge is 0.248 e. The van der Waals surface area contributed by atoms with E-state index in [-0.39, 0.29) is 18.6 Å². The molecule has 5 nitrogen and oxygen atoms in total. The van der Waals surface area contributed by atoms with E-state index in [9.17, 15) is 4.79 Å². The second-order valence-corrected chi connectivity index (χ2v) is 8.71. The molecule has 1 aromatic heterocycles. The summed E-state index contributed by atoms with van der Waals surface area (Å²) in [5.74, 6) is 1.19. The number of hydrogen-bond donors (Lipinski definition) is 0. The fourth-order valence-corrected chi connectivity index (χ4v) is 5.61. The van der Waals surface area contributed by atoms with Gasteiger partial charge in [-0.2, -0.15) is 0 Å². The normalized spacial score (nSPS) is 26.0. The lowest BCUT2D eigenvalue weighted by Gasteiger charge is -2.47. The molecule has 1 spiro atoms. The highest BCUT2D eigenvalue weighted by molar-refractivity contribution is 8.01. The average Bonchev–Trinajstić information content (AvgIpc) is 3.23. The minimum atomic E-state index is 0.172. The van der Waals surface area contributed by atoms with Crippen LogP contribution in [-0.4, -0.2) is 70.1 Å². The quantitative estimate of drug-likeness (QED) is 0.812. The third kappa shape index (κ3) is 3.60. The first-order valence-electron chi connectivity index (χ1n) is 8.87. The van der Waals surface area contributed by atoms with Gasteiger partial charge in [-0.1, -0.05) is 6.07 Å². The molecule has 1 atom stereocenters. The molecule has 6 heteroatoms. The van der Waals surface area contributed by atoms with Crippen LogP contribution in [0.15, 0.2) is 24.5 Å². The minimum absolute atomic E-state index is 0.172. The Labute approximate surface area is 147 Å². The number of carbonyl (C=O) groups excluding carboxylic acids is 1. The van der Waals surface area contributed by atoms with E-state index in [4.69, 9.17) is 4.74 Å². The van der Waals surface area contributed by atoms with Crippen LogP contribution in [0.5, 0.6) is 0 Å². The lowest BCUT2D eigenvalue weighted by atomic mass is 9.92. The molecule has 0 aliphatic carbocycles. The summed E-state index contributed by atoms with van der Waals surface area (Å²) in [4.78, 5) is 20.7. The van der Waals surface area contributed by atoms with Crippen molar-refractivity contribution < 1.29 is 9.53 Å². The number of nitrogens with zero attached hydrogens (tertiary/aromatic N) is 3. The van der Waals surface area contributed by atoms with Crippen LogP contribution in [0.4, 0.5) is 0 Å². The van der Waals surface area contributed by atoms with Gasteiger partial charge in [0, 0.05) is 55.6 Å². The summed E-state index contributed by atoms with van der Waals surface area (Å²) in [5.41, 5.74) is 1.28. The van der Waals surface area contributed by atoms with Crippen molar-refractivity contribution in [2.75, 3.05) is 38.5 Å². The molecular formula is C18H25N3O2S. The van der Waals surface area contributed by atoms with Crippen molar-refractivity contribution in [3.05, 3.63) is 30.1 Å². The Morgan fingerprint density at radius 3 is 2.96 bits per heavy atom. The Balaban J connectivity index is 1.19. The van der Waals surface area contributed by atoms with Crippen LogP contribution in [0.1, 0.15) is 24.8 Å². The lowest BCUT2D eigenvalue weighted by molar-refractivity contribution is -0.136. The molecule has 4 heterocycles. The Morgan fingerprint density at radius 1 is 1.38 bits per heavy atom. The van der Waals surface area contributed by atoms with E-state index >= 15 is 0 Å². The van der Waals surface area contributed by atoms with E-state index in [2.05, 4.69) is 16.0 Å². The number of hydrogen-bond acceptors (Lipinski definition) is 5. The molecule has 130 valence electrons. The van der Waals surface area contributed by atoms with Gasteiger partial charge in [0.1, 0.15) is 6.61 Å². The monoisotopic (exact) mass is 347 g/mol. The van der Waals surface area contributed by atoms with Gasteiger partial charge in [0.2, 0.25) is 5.91 Å². The highest BCUT2D eigenvalue weighted by Crippen LogP contribution is 2.46. The van der Waals surface area contributed by atoms with Gasteiger partial charge in [-0.25, -0.2) is 0 Å². The summed E-state index contributed by atoms with van der Waals surface area (Å²) >= 11 is 2.03. The van der Waals surface area contributed by atoms with Crippen molar-refractivity contribution in [1.82, 2.24) is 14.8 Å². The Bertz CT molecular complexity index is 571. The largest absolute Gasteiger partial charge is 0.367 e. The first kappa shape index (κ1) is 16.4. The van der Waals surface area contributed by atoms with Crippen molar-refractivity contribution in [2.45, 2.75) is 36.7 Å². The summed E-state index contributed by atoms with van der Waals surface area (Å²) in [6.45, 7) is 5.30. The Hall–Kier alpha value is -1.11. The predicted molar refractivity (Wildman–Crippen MR) is 94.9 cm³/mol. The standard InChI is InChI=1S/C18H25N3O2S/c22-17(21-6-1-2-7-21)11-23-16-8-18(24-12-16)13-20(14-18)10-15-4-3-5-19-9-15/h3-5,9,16H,1-2,6-8,10-14H2/t16-/m1/s1. The summed E-state index contributed by atoms with van der Waals surface area (Å²) in [6, 6.07) is 4.13. The van der Waals surface area contributed by atoms with Crippen molar-refractivity contribution in [3.63, 3.8) is 0 Å². The molecule has 0 radical (unpaired) electrons. The third-order valence-electron chi connectivity index (χ3n) is 5.23. The molecule has 0 unspecified atom stereocenters. The van der Waals surface area contributed by atoms with Gasteiger partial charge >= 0.3 is 0 Å².